The zero-order valence-electron chi connectivity index (χ0n) is 12.1. The van der Waals surface area contributed by atoms with Gasteiger partial charge in [0.05, 0.1) is 11.3 Å². The number of nitrogens with zero attached hydrogens (tertiary/aromatic N) is 3. The van der Waals surface area contributed by atoms with E-state index >= 15 is 0 Å². The molecule has 0 fully saturated rings. The Balaban J connectivity index is 2.01. The smallest absolute Gasteiger partial charge is 0.161 e. The van der Waals surface area contributed by atoms with E-state index in [2.05, 4.69) is 27.0 Å². The molecule has 112 valence electrons. The van der Waals surface area contributed by atoms with Gasteiger partial charge in [0.15, 0.2) is 5.82 Å². The Bertz CT molecular complexity index is 928. The van der Waals surface area contributed by atoms with Gasteiger partial charge in [-0.2, -0.15) is 0 Å². The first-order valence-electron chi connectivity index (χ1n) is 6.78. The number of pyridine rings is 1. The van der Waals surface area contributed by atoms with Gasteiger partial charge in [-0.15, -0.1) is 10.2 Å². The van der Waals surface area contributed by atoms with E-state index in [1.165, 1.54) is 0 Å². The molecular formula is C17H13N5O. The van der Waals surface area contributed by atoms with E-state index < -0.39 is 0 Å². The molecule has 6 nitrogen and oxygen atoms in total. The average molecular weight is 303 g/mol. The van der Waals surface area contributed by atoms with Crippen LogP contribution in [-0.4, -0.2) is 20.3 Å². The quantitative estimate of drug-likeness (QED) is 0.591. The lowest BCUT2D eigenvalue weighted by Crippen LogP contribution is -1.99. The van der Waals surface area contributed by atoms with Crippen LogP contribution in [0.1, 0.15) is 11.1 Å². The lowest BCUT2D eigenvalue weighted by Gasteiger charge is -2.04. The van der Waals surface area contributed by atoms with Gasteiger partial charge in [-0.1, -0.05) is 24.0 Å². The number of aromatic nitrogens is 3. The van der Waals surface area contributed by atoms with Gasteiger partial charge in [0, 0.05) is 17.3 Å². The topological polar surface area (TPSA) is 111 Å². The molecule has 6 heteroatoms. The molecule has 0 aliphatic carbocycles. The second kappa shape index (κ2) is 6.03. The van der Waals surface area contributed by atoms with Crippen LogP contribution in [0, 0.1) is 11.8 Å². The lowest BCUT2D eigenvalue weighted by atomic mass is 10.1. The fourth-order valence-corrected chi connectivity index (χ4v) is 1.99. The number of nitrogens with two attached hydrogens (primary N) is 2. The number of nitrogen functional groups attached to an aromatic ring is 2. The Morgan fingerprint density at radius 3 is 2.57 bits per heavy atom. The fourth-order valence-electron chi connectivity index (χ4n) is 1.99. The highest BCUT2D eigenvalue weighted by Gasteiger charge is 2.08. The number of phenols is 1. The van der Waals surface area contributed by atoms with Crippen molar-refractivity contribution in [1.29, 1.82) is 0 Å². The first-order chi connectivity index (χ1) is 11.1. The zero-order valence-corrected chi connectivity index (χ0v) is 12.1. The summed E-state index contributed by atoms with van der Waals surface area (Å²) in [5, 5.41) is 17.8. The Morgan fingerprint density at radius 2 is 1.78 bits per heavy atom. The van der Waals surface area contributed by atoms with Crippen LogP contribution in [0.4, 0.5) is 11.6 Å². The molecule has 2 heterocycles. The Kier molecular flexibility index (Phi) is 3.77. The van der Waals surface area contributed by atoms with E-state index in [1.54, 1.807) is 48.7 Å². The highest BCUT2D eigenvalue weighted by Crippen LogP contribution is 2.27. The molecule has 0 atom stereocenters. The van der Waals surface area contributed by atoms with Crippen molar-refractivity contribution in [2.75, 3.05) is 11.5 Å². The molecule has 0 saturated heterocycles. The zero-order chi connectivity index (χ0) is 16.2. The summed E-state index contributed by atoms with van der Waals surface area (Å²) in [4.78, 5) is 3.91. The SMILES string of the molecule is Nc1cc(C#Cc2cc(-c3ccccc3O)nnc2N)ccn1. The molecule has 0 spiro atoms. The van der Waals surface area contributed by atoms with Crippen molar-refractivity contribution in [3.8, 4) is 28.8 Å². The molecule has 3 aromatic rings. The Labute approximate surface area is 132 Å². The molecule has 2 aromatic heterocycles. The molecular weight excluding hydrogens is 290 g/mol. The molecule has 0 unspecified atom stereocenters. The van der Waals surface area contributed by atoms with Gasteiger partial charge < -0.3 is 16.6 Å². The van der Waals surface area contributed by atoms with E-state index in [4.69, 9.17) is 11.5 Å². The molecule has 0 bridgehead atoms. The third-order valence-electron chi connectivity index (χ3n) is 3.13. The van der Waals surface area contributed by atoms with Crippen LogP contribution < -0.4 is 11.5 Å². The summed E-state index contributed by atoms with van der Waals surface area (Å²) in [6, 6.07) is 12.0. The van der Waals surface area contributed by atoms with Crippen LogP contribution in [0.3, 0.4) is 0 Å². The Morgan fingerprint density at radius 1 is 0.957 bits per heavy atom. The van der Waals surface area contributed by atoms with Crippen molar-refractivity contribution < 1.29 is 5.11 Å². The minimum atomic E-state index is 0.118. The number of para-hydroxylation sites is 1. The average Bonchev–Trinajstić information content (AvgIpc) is 2.55. The minimum Gasteiger partial charge on any atom is -0.507 e. The summed E-state index contributed by atoms with van der Waals surface area (Å²) in [6.45, 7) is 0. The molecule has 1 aromatic carbocycles. The maximum Gasteiger partial charge on any atom is 0.161 e. The van der Waals surface area contributed by atoms with Crippen molar-refractivity contribution >= 4 is 11.6 Å². The van der Waals surface area contributed by atoms with Crippen molar-refractivity contribution in [2.24, 2.45) is 0 Å². The second-order valence-corrected chi connectivity index (χ2v) is 4.77. The van der Waals surface area contributed by atoms with Crippen molar-refractivity contribution in [1.82, 2.24) is 15.2 Å². The summed E-state index contributed by atoms with van der Waals surface area (Å²) in [7, 11) is 0. The number of hydrogen-bond acceptors (Lipinski definition) is 6. The molecule has 0 aliphatic heterocycles. The normalized spacial score (nSPS) is 9.91. The van der Waals surface area contributed by atoms with Crippen LogP contribution in [0.2, 0.25) is 0 Å². The van der Waals surface area contributed by atoms with Gasteiger partial charge in [-0.05, 0) is 30.3 Å². The molecule has 3 rings (SSSR count). The predicted octanol–water partition coefficient (Wildman–Crippen LogP) is 1.81. The van der Waals surface area contributed by atoms with E-state index in [0.717, 1.165) is 5.56 Å². The fraction of sp³-hybridized carbons (Fsp3) is 0. The first kappa shape index (κ1) is 14.4. The van der Waals surface area contributed by atoms with E-state index in [1.807, 2.05) is 0 Å². The molecule has 5 N–H and O–H groups in total. The highest BCUT2D eigenvalue weighted by molar-refractivity contribution is 5.69. The highest BCUT2D eigenvalue weighted by atomic mass is 16.3. The summed E-state index contributed by atoms with van der Waals surface area (Å²) >= 11 is 0. The number of anilines is 2. The standard InChI is InChI=1S/C17H13N5O/c18-16-9-11(7-8-20-16)5-6-12-10-14(21-22-17(12)19)13-3-1-2-4-15(13)23/h1-4,7-10,23H,(H2,18,20)(H2,19,22). The monoisotopic (exact) mass is 303 g/mol. The number of hydrogen-bond donors (Lipinski definition) is 3. The van der Waals surface area contributed by atoms with E-state index in [9.17, 15) is 5.11 Å². The van der Waals surface area contributed by atoms with Gasteiger partial charge in [0.2, 0.25) is 0 Å². The molecule has 0 saturated carbocycles. The van der Waals surface area contributed by atoms with Crippen LogP contribution >= 0.6 is 0 Å². The molecule has 0 aliphatic rings. The second-order valence-electron chi connectivity index (χ2n) is 4.77. The van der Waals surface area contributed by atoms with Crippen LogP contribution in [-0.2, 0) is 0 Å². The third kappa shape index (κ3) is 3.19. The van der Waals surface area contributed by atoms with Gasteiger partial charge in [0.1, 0.15) is 11.6 Å². The number of phenolic OH excluding ortho intramolecular Hbond substituents is 1. The number of rotatable bonds is 1. The third-order valence-corrected chi connectivity index (χ3v) is 3.13. The van der Waals surface area contributed by atoms with Crippen molar-refractivity contribution in [3.05, 3.63) is 59.8 Å². The van der Waals surface area contributed by atoms with Gasteiger partial charge in [0.25, 0.3) is 0 Å². The predicted molar refractivity (Wildman–Crippen MR) is 88.2 cm³/mol. The van der Waals surface area contributed by atoms with Gasteiger partial charge in [-0.3, -0.25) is 0 Å². The maximum absolute atomic E-state index is 9.91. The molecule has 0 amide bonds. The lowest BCUT2D eigenvalue weighted by molar-refractivity contribution is 0.477. The number of aromatic hydroxyl groups is 1. The summed E-state index contributed by atoms with van der Waals surface area (Å²) in [5.74, 6) is 6.63. The van der Waals surface area contributed by atoms with Crippen molar-refractivity contribution in [3.63, 3.8) is 0 Å². The summed E-state index contributed by atoms with van der Waals surface area (Å²) in [6.07, 6.45) is 1.58. The summed E-state index contributed by atoms with van der Waals surface area (Å²) in [5.41, 5.74) is 13.7. The molecule has 0 radical (unpaired) electrons. The first-order valence-corrected chi connectivity index (χ1v) is 6.78. The van der Waals surface area contributed by atoms with Crippen molar-refractivity contribution in [2.45, 2.75) is 0 Å². The van der Waals surface area contributed by atoms with Crippen LogP contribution in [0.5, 0.6) is 5.75 Å². The van der Waals surface area contributed by atoms with Crippen LogP contribution in [0.25, 0.3) is 11.3 Å². The van der Waals surface area contributed by atoms with E-state index in [-0.39, 0.29) is 11.6 Å². The number of benzene rings is 1. The maximum atomic E-state index is 9.91. The minimum absolute atomic E-state index is 0.118. The van der Waals surface area contributed by atoms with E-state index in [0.29, 0.717) is 22.6 Å². The van der Waals surface area contributed by atoms with Gasteiger partial charge in [-0.25, -0.2) is 4.98 Å². The molecule has 23 heavy (non-hydrogen) atoms. The van der Waals surface area contributed by atoms with Crippen LogP contribution in [0.15, 0.2) is 48.7 Å². The summed E-state index contributed by atoms with van der Waals surface area (Å²) < 4.78 is 0. The Hall–Kier alpha value is -3.59. The van der Waals surface area contributed by atoms with Gasteiger partial charge >= 0.3 is 0 Å². The largest absolute Gasteiger partial charge is 0.507 e.